The zero-order valence-corrected chi connectivity index (χ0v) is 12.1. The molecule has 0 atom stereocenters. The number of fused-ring (bicyclic) bond motifs is 1. The van der Waals surface area contributed by atoms with Gasteiger partial charge in [0.1, 0.15) is 0 Å². The Morgan fingerprint density at radius 1 is 1.14 bits per heavy atom. The van der Waals surface area contributed by atoms with Gasteiger partial charge in [-0.15, -0.1) is 0 Å². The summed E-state index contributed by atoms with van der Waals surface area (Å²) < 4.78 is 0. The van der Waals surface area contributed by atoms with Crippen LogP contribution in [0.3, 0.4) is 0 Å². The van der Waals surface area contributed by atoms with Crippen molar-refractivity contribution in [3.05, 3.63) is 58.1 Å². The number of halogens is 1. The molecule has 1 aliphatic heterocycles. The highest BCUT2D eigenvalue weighted by Gasteiger charge is 2.33. The lowest BCUT2D eigenvalue weighted by molar-refractivity contribution is -0.117. The molecule has 0 saturated carbocycles. The SMILES string of the molecule is Cc1ccc(N)cc1N1C(=O)Cc2cc(Cl)ccc2C1=O. The molecule has 0 fully saturated rings. The highest BCUT2D eigenvalue weighted by molar-refractivity contribution is 6.31. The van der Waals surface area contributed by atoms with E-state index >= 15 is 0 Å². The molecule has 21 heavy (non-hydrogen) atoms. The minimum Gasteiger partial charge on any atom is -0.399 e. The fraction of sp³-hybridized carbons (Fsp3) is 0.125. The molecule has 0 radical (unpaired) electrons. The molecule has 3 rings (SSSR count). The summed E-state index contributed by atoms with van der Waals surface area (Å²) in [4.78, 5) is 26.2. The lowest BCUT2D eigenvalue weighted by Crippen LogP contribution is -2.42. The third-order valence-corrected chi connectivity index (χ3v) is 3.80. The lowest BCUT2D eigenvalue weighted by Gasteiger charge is -2.28. The van der Waals surface area contributed by atoms with Gasteiger partial charge in [0, 0.05) is 16.3 Å². The standard InChI is InChI=1S/C16H13ClN2O2/c1-9-2-4-12(18)8-14(9)19-15(20)7-10-6-11(17)3-5-13(10)16(19)21/h2-6,8H,7,18H2,1H3. The van der Waals surface area contributed by atoms with Gasteiger partial charge >= 0.3 is 0 Å². The average molecular weight is 301 g/mol. The van der Waals surface area contributed by atoms with E-state index in [1.54, 1.807) is 36.4 Å². The predicted octanol–water partition coefficient (Wildman–Crippen LogP) is 2.96. The fourth-order valence-corrected chi connectivity index (χ4v) is 2.70. The number of carbonyl (C=O) groups excluding carboxylic acids is 2. The summed E-state index contributed by atoms with van der Waals surface area (Å²) >= 11 is 5.92. The fourth-order valence-electron chi connectivity index (χ4n) is 2.50. The molecule has 0 aromatic heterocycles. The van der Waals surface area contributed by atoms with Crippen molar-refractivity contribution >= 4 is 34.8 Å². The van der Waals surface area contributed by atoms with Crippen molar-refractivity contribution in [2.45, 2.75) is 13.3 Å². The molecule has 2 aromatic carbocycles. The second-order valence-corrected chi connectivity index (χ2v) is 5.49. The molecule has 0 bridgehead atoms. The summed E-state index contributed by atoms with van der Waals surface area (Å²) in [6.45, 7) is 1.84. The lowest BCUT2D eigenvalue weighted by atomic mass is 9.97. The van der Waals surface area contributed by atoms with Crippen LogP contribution in [0.1, 0.15) is 21.5 Å². The Kier molecular flexibility index (Phi) is 3.18. The van der Waals surface area contributed by atoms with Crippen LogP contribution in [0.25, 0.3) is 0 Å². The number of hydrogen-bond donors (Lipinski definition) is 1. The quantitative estimate of drug-likeness (QED) is 0.650. The van der Waals surface area contributed by atoms with E-state index in [0.717, 1.165) is 5.56 Å². The molecular formula is C16H13ClN2O2. The number of imide groups is 1. The minimum absolute atomic E-state index is 0.149. The Morgan fingerprint density at radius 2 is 1.90 bits per heavy atom. The number of anilines is 2. The molecule has 0 saturated heterocycles. The normalized spacial score (nSPS) is 14.3. The van der Waals surface area contributed by atoms with Crippen LogP contribution in [0.5, 0.6) is 0 Å². The number of nitrogens with zero attached hydrogens (tertiary/aromatic N) is 1. The van der Waals surface area contributed by atoms with Crippen LogP contribution in [0.15, 0.2) is 36.4 Å². The first-order valence-corrected chi connectivity index (χ1v) is 6.87. The zero-order valence-electron chi connectivity index (χ0n) is 11.4. The van der Waals surface area contributed by atoms with Crippen molar-refractivity contribution in [2.24, 2.45) is 0 Å². The summed E-state index contributed by atoms with van der Waals surface area (Å²) in [5.41, 5.74) is 8.80. The van der Waals surface area contributed by atoms with Gasteiger partial charge in [0.15, 0.2) is 0 Å². The Labute approximate surface area is 127 Å². The summed E-state index contributed by atoms with van der Waals surface area (Å²) in [5.74, 6) is -0.616. The number of hydrogen-bond acceptors (Lipinski definition) is 3. The van der Waals surface area contributed by atoms with Gasteiger partial charge in [-0.2, -0.15) is 0 Å². The van der Waals surface area contributed by atoms with E-state index in [0.29, 0.717) is 27.5 Å². The summed E-state index contributed by atoms with van der Waals surface area (Å²) in [6, 6.07) is 10.1. The van der Waals surface area contributed by atoms with Crippen LogP contribution in [0.2, 0.25) is 5.02 Å². The molecule has 2 aromatic rings. The smallest absolute Gasteiger partial charge is 0.265 e. The number of benzene rings is 2. The van der Waals surface area contributed by atoms with E-state index in [9.17, 15) is 9.59 Å². The predicted molar refractivity (Wildman–Crippen MR) is 82.6 cm³/mol. The number of amides is 2. The van der Waals surface area contributed by atoms with Crippen molar-refractivity contribution in [2.75, 3.05) is 10.6 Å². The number of carbonyl (C=O) groups is 2. The molecule has 106 valence electrons. The molecule has 0 aliphatic carbocycles. The second kappa shape index (κ2) is 4.90. The monoisotopic (exact) mass is 300 g/mol. The van der Waals surface area contributed by atoms with Gasteiger partial charge in [0.05, 0.1) is 12.1 Å². The minimum atomic E-state index is -0.341. The van der Waals surface area contributed by atoms with E-state index in [2.05, 4.69) is 0 Å². The first kappa shape index (κ1) is 13.6. The van der Waals surface area contributed by atoms with Gasteiger partial charge in [0.25, 0.3) is 5.91 Å². The second-order valence-electron chi connectivity index (χ2n) is 5.06. The van der Waals surface area contributed by atoms with Gasteiger partial charge in [-0.25, -0.2) is 4.90 Å². The van der Waals surface area contributed by atoms with Crippen molar-refractivity contribution in [1.29, 1.82) is 0 Å². The van der Waals surface area contributed by atoms with Gasteiger partial charge in [0.2, 0.25) is 5.91 Å². The van der Waals surface area contributed by atoms with E-state index in [-0.39, 0.29) is 18.2 Å². The number of nitrogens with two attached hydrogens (primary N) is 1. The maximum atomic E-state index is 12.6. The summed E-state index contributed by atoms with van der Waals surface area (Å²) in [5, 5.41) is 0.517. The van der Waals surface area contributed by atoms with Crippen LogP contribution in [0.4, 0.5) is 11.4 Å². The molecule has 1 aliphatic rings. The Hall–Kier alpha value is -2.33. The molecule has 4 nitrogen and oxygen atoms in total. The van der Waals surface area contributed by atoms with E-state index in [1.807, 2.05) is 6.92 Å². The van der Waals surface area contributed by atoms with Crippen LogP contribution < -0.4 is 10.6 Å². The molecule has 5 heteroatoms. The Balaban J connectivity index is 2.13. The maximum Gasteiger partial charge on any atom is 0.265 e. The first-order valence-electron chi connectivity index (χ1n) is 6.49. The summed E-state index contributed by atoms with van der Waals surface area (Å²) in [7, 11) is 0. The van der Waals surface area contributed by atoms with Gasteiger partial charge in [-0.05, 0) is 48.4 Å². The number of nitrogen functional groups attached to an aromatic ring is 1. The third kappa shape index (κ3) is 2.28. The maximum absolute atomic E-state index is 12.6. The first-order chi connectivity index (χ1) is 9.97. The Bertz CT molecular complexity index is 771. The molecular weight excluding hydrogens is 288 g/mol. The van der Waals surface area contributed by atoms with Gasteiger partial charge in [-0.1, -0.05) is 17.7 Å². The van der Waals surface area contributed by atoms with Gasteiger partial charge in [-0.3, -0.25) is 9.59 Å². The number of aryl methyl sites for hydroxylation is 1. The molecule has 0 unspecified atom stereocenters. The molecule has 2 N–H and O–H groups in total. The van der Waals surface area contributed by atoms with Crippen molar-refractivity contribution in [3.8, 4) is 0 Å². The van der Waals surface area contributed by atoms with Crippen LogP contribution in [-0.4, -0.2) is 11.8 Å². The molecule has 0 spiro atoms. The van der Waals surface area contributed by atoms with Crippen LogP contribution in [-0.2, 0) is 11.2 Å². The molecule has 1 heterocycles. The van der Waals surface area contributed by atoms with E-state index in [4.69, 9.17) is 17.3 Å². The van der Waals surface area contributed by atoms with Crippen LogP contribution in [0, 0.1) is 6.92 Å². The largest absolute Gasteiger partial charge is 0.399 e. The Morgan fingerprint density at radius 3 is 2.67 bits per heavy atom. The van der Waals surface area contributed by atoms with Crippen molar-refractivity contribution in [3.63, 3.8) is 0 Å². The number of rotatable bonds is 1. The topological polar surface area (TPSA) is 63.4 Å². The third-order valence-electron chi connectivity index (χ3n) is 3.57. The highest BCUT2D eigenvalue weighted by atomic mass is 35.5. The summed E-state index contributed by atoms with van der Waals surface area (Å²) in [6.07, 6.45) is 0.149. The van der Waals surface area contributed by atoms with Crippen LogP contribution >= 0.6 is 11.6 Å². The van der Waals surface area contributed by atoms with Gasteiger partial charge < -0.3 is 5.73 Å². The molecule has 2 amide bonds. The van der Waals surface area contributed by atoms with Crippen molar-refractivity contribution < 1.29 is 9.59 Å². The van der Waals surface area contributed by atoms with Crippen molar-refractivity contribution in [1.82, 2.24) is 0 Å². The van der Waals surface area contributed by atoms with E-state index in [1.165, 1.54) is 4.90 Å². The zero-order chi connectivity index (χ0) is 15.1. The van der Waals surface area contributed by atoms with E-state index < -0.39 is 0 Å². The highest BCUT2D eigenvalue weighted by Crippen LogP contribution is 2.30. The average Bonchev–Trinajstić information content (AvgIpc) is 2.42.